The first-order valence-corrected chi connectivity index (χ1v) is 4.82. The maximum absolute atomic E-state index is 5.64. The van der Waals surface area contributed by atoms with E-state index < -0.39 is 0 Å². The molecule has 0 saturated heterocycles. The zero-order valence-electron chi connectivity index (χ0n) is 9.15. The summed E-state index contributed by atoms with van der Waals surface area (Å²) in [5.74, 6) is 0.707. The lowest BCUT2D eigenvalue weighted by molar-refractivity contribution is 0.237. The number of rotatable bonds is 5. The zero-order chi connectivity index (χ0) is 9.78. The Hall–Kier alpha value is -0.0800. The third kappa shape index (κ3) is 4.73. The van der Waals surface area contributed by atoms with Crippen LogP contribution in [-0.4, -0.2) is 19.1 Å². The summed E-state index contributed by atoms with van der Waals surface area (Å²) < 4.78 is 0. The van der Waals surface area contributed by atoms with E-state index in [0.29, 0.717) is 11.3 Å². The van der Waals surface area contributed by atoms with Gasteiger partial charge in [0, 0.05) is 19.1 Å². The maximum atomic E-state index is 5.64. The highest BCUT2D eigenvalue weighted by Crippen LogP contribution is 2.24. The van der Waals surface area contributed by atoms with Crippen LogP contribution in [0.5, 0.6) is 0 Å². The van der Waals surface area contributed by atoms with Crippen LogP contribution in [0.4, 0.5) is 0 Å². The normalized spacial score (nSPS) is 15.2. The van der Waals surface area contributed by atoms with Crippen molar-refractivity contribution in [1.29, 1.82) is 0 Å². The molecule has 0 amide bonds. The Morgan fingerprint density at radius 3 is 2.08 bits per heavy atom. The minimum atomic E-state index is 0.257. The van der Waals surface area contributed by atoms with Crippen LogP contribution in [0.25, 0.3) is 0 Å². The van der Waals surface area contributed by atoms with Gasteiger partial charge in [0.15, 0.2) is 0 Å². The van der Waals surface area contributed by atoms with Gasteiger partial charge < -0.3 is 11.1 Å². The van der Waals surface area contributed by atoms with Crippen molar-refractivity contribution in [2.24, 2.45) is 17.1 Å². The van der Waals surface area contributed by atoms with Gasteiger partial charge >= 0.3 is 0 Å². The summed E-state index contributed by atoms with van der Waals surface area (Å²) in [6.07, 6.45) is 0. The van der Waals surface area contributed by atoms with E-state index in [-0.39, 0.29) is 6.04 Å². The molecule has 2 nitrogen and oxygen atoms in total. The number of nitrogens with two attached hydrogens (primary N) is 1. The summed E-state index contributed by atoms with van der Waals surface area (Å²) in [5, 5.41) is 3.38. The third-order valence-corrected chi connectivity index (χ3v) is 2.61. The molecule has 1 unspecified atom stereocenters. The van der Waals surface area contributed by atoms with Gasteiger partial charge in [0.1, 0.15) is 0 Å². The summed E-state index contributed by atoms with van der Waals surface area (Å²) in [6.45, 7) is 13.1. The van der Waals surface area contributed by atoms with Crippen LogP contribution in [0.1, 0.15) is 34.6 Å². The first kappa shape index (κ1) is 11.9. The van der Waals surface area contributed by atoms with E-state index in [0.717, 1.165) is 13.1 Å². The molecule has 0 aliphatic heterocycles. The molecule has 3 N–H and O–H groups in total. The van der Waals surface area contributed by atoms with E-state index >= 15 is 0 Å². The number of nitrogens with one attached hydrogen (secondary N) is 1. The largest absolute Gasteiger partial charge is 0.327 e. The lowest BCUT2D eigenvalue weighted by Crippen LogP contribution is -2.39. The monoisotopic (exact) mass is 172 g/mol. The van der Waals surface area contributed by atoms with Crippen molar-refractivity contribution in [3.05, 3.63) is 0 Å². The lowest BCUT2D eigenvalue weighted by Gasteiger charge is -2.29. The molecular weight excluding hydrogens is 148 g/mol. The van der Waals surface area contributed by atoms with Crippen LogP contribution >= 0.6 is 0 Å². The van der Waals surface area contributed by atoms with Gasteiger partial charge in [0.25, 0.3) is 0 Å². The second-order valence-corrected chi connectivity index (χ2v) is 4.75. The predicted octanol–water partition coefficient (Wildman–Crippen LogP) is 1.61. The Labute approximate surface area is 76.9 Å². The molecule has 0 aromatic heterocycles. The van der Waals surface area contributed by atoms with Crippen molar-refractivity contribution in [2.75, 3.05) is 13.1 Å². The maximum Gasteiger partial charge on any atom is 0.0136 e. The average Bonchev–Trinajstić information content (AvgIpc) is 1.85. The molecule has 74 valence electrons. The van der Waals surface area contributed by atoms with E-state index in [1.54, 1.807) is 0 Å². The van der Waals surface area contributed by atoms with Crippen molar-refractivity contribution in [3.63, 3.8) is 0 Å². The lowest BCUT2D eigenvalue weighted by atomic mass is 9.81. The van der Waals surface area contributed by atoms with Gasteiger partial charge in [0.05, 0.1) is 0 Å². The molecule has 0 fully saturated rings. The Morgan fingerprint density at radius 2 is 1.75 bits per heavy atom. The van der Waals surface area contributed by atoms with Crippen LogP contribution in [-0.2, 0) is 0 Å². The SMILES string of the molecule is CC(N)CNCC(C)(C)C(C)C. The van der Waals surface area contributed by atoms with Gasteiger partial charge in [-0.3, -0.25) is 0 Å². The van der Waals surface area contributed by atoms with Crippen LogP contribution in [0.3, 0.4) is 0 Å². The van der Waals surface area contributed by atoms with Gasteiger partial charge in [-0.25, -0.2) is 0 Å². The van der Waals surface area contributed by atoms with E-state index in [1.165, 1.54) is 0 Å². The van der Waals surface area contributed by atoms with Crippen LogP contribution in [0.15, 0.2) is 0 Å². The van der Waals surface area contributed by atoms with E-state index in [9.17, 15) is 0 Å². The molecule has 0 aliphatic rings. The fourth-order valence-corrected chi connectivity index (χ4v) is 0.826. The number of hydrogen-bond acceptors (Lipinski definition) is 2. The molecule has 0 radical (unpaired) electrons. The van der Waals surface area contributed by atoms with Gasteiger partial charge in [-0.1, -0.05) is 27.7 Å². The second-order valence-electron chi connectivity index (χ2n) is 4.75. The summed E-state index contributed by atoms with van der Waals surface area (Å²) >= 11 is 0. The molecule has 0 spiro atoms. The molecule has 0 bridgehead atoms. The standard InChI is InChI=1S/C10H24N2/c1-8(2)10(4,5)7-12-6-9(3)11/h8-9,12H,6-7,11H2,1-5H3. The predicted molar refractivity (Wildman–Crippen MR) is 55.1 cm³/mol. The second kappa shape index (κ2) is 4.83. The highest BCUT2D eigenvalue weighted by Gasteiger charge is 2.21. The fraction of sp³-hybridized carbons (Fsp3) is 1.00. The Balaban J connectivity index is 3.61. The van der Waals surface area contributed by atoms with Crippen molar-refractivity contribution in [1.82, 2.24) is 5.32 Å². The fourth-order valence-electron chi connectivity index (χ4n) is 0.826. The van der Waals surface area contributed by atoms with Gasteiger partial charge in [-0.05, 0) is 18.3 Å². The summed E-state index contributed by atoms with van der Waals surface area (Å²) in [6, 6.07) is 0.257. The average molecular weight is 172 g/mol. The van der Waals surface area contributed by atoms with Gasteiger partial charge in [0.2, 0.25) is 0 Å². The minimum absolute atomic E-state index is 0.257. The molecule has 0 heterocycles. The van der Waals surface area contributed by atoms with Crippen LogP contribution < -0.4 is 11.1 Å². The number of hydrogen-bond donors (Lipinski definition) is 2. The Kier molecular flexibility index (Phi) is 4.80. The quantitative estimate of drug-likeness (QED) is 0.661. The van der Waals surface area contributed by atoms with E-state index in [2.05, 4.69) is 33.0 Å². The molecule has 1 atom stereocenters. The molecule has 2 heteroatoms. The minimum Gasteiger partial charge on any atom is -0.327 e. The smallest absolute Gasteiger partial charge is 0.0136 e. The van der Waals surface area contributed by atoms with Crippen molar-refractivity contribution in [3.8, 4) is 0 Å². The topological polar surface area (TPSA) is 38.0 Å². The molecule has 12 heavy (non-hydrogen) atoms. The molecule has 0 saturated carbocycles. The van der Waals surface area contributed by atoms with E-state index in [1.807, 2.05) is 6.92 Å². The molecule has 0 aliphatic carbocycles. The third-order valence-electron chi connectivity index (χ3n) is 2.61. The molecule has 0 aromatic rings. The Morgan fingerprint density at radius 1 is 1.25 bits per heavy atom. The first-order chi connectivity index (χ1) is 5.36. The Bertz CT molecular complexity index is 117. The van der Waals surface area contributed by atoms with Crippen molar-refractivity contribution >= 4 is 0 Å². The van der Waals surface area contributed by atoms with Gasteiger partial charge in [-0.2, -0.15) is 0 Å². The van der Waals surface area contributed by atoms with Crippen LogP contribution in [0, 0.1) is 11.3 Å². The molecule has 0 aromatic carbocycles. The molecular formula is C10H24N2. The summed E-state index contributed by atoms with van der Waals surface area (Å²) in [5.41, 5.74) is 6.01. The van der Waals surface area contributed by atoms with Gasteiger partial charge in [-0.15, -0.1) is 0 Å². The molecule has 0 rings (SSSR count). The highest BCUT2D eigenvalue weighted by atomic mass is 14.9. The zero-order valence-corrected chi connectivity index (χ0v) is 9.15. The first-order valence-electron chi connectivity index (χ1n) is 4.82. The van der Waals surface area contributed by atoms with E-state index in [4.69, 9.17) is 5.73 Å². The highest BCUT2D eigenvalue weighted by molar-refractivity contribution is 4.75. The summed E-state index contributed by atoms with van der Waals surface area (Å²) in [7, 11) is 0. The summed E-state index contributed by atoms with van der Waals surface area (Å²) in [4.78, 5) is 0. The van der Waals surface area contributed by atoms with Crippen molar-refractivity contribution in [2.45, 2.75) is 40.7 Å². The van der Waals surface area contributed by atoms with Crippen LogP contribution in [0.2, 0.25) is 0 Å². The van der Waals surface area contributed by atoms with Crippen molar-refractivity contribution < 1.29 is 0 Å².